The number of nitrogens with zero attached hydrogens (tertiary/aromatic N) is 2. The zero-order valence-electron chi connectivity index (χ0n) is 12.7. The number of hydrogen-bond acceptors (Lipinski definition) is 3. The first-order valence-corrected chi connectivity index (χ1v) is 7.41. The van der Waals surface area contributed by atoms with E-state index in [1.54, 1.807) is 24.7 Å². The van der Waals surface area contributed by atoms with Crippen LogP contribution in [0.4, 0.5) is 24.7 Å². The molecule has 0 saturated carbocycles. The zero-order chi connectivity index (χ0) is 17.4. The van der Waals surface area contributed by atoms with E-state index < -0.39 is 11.7 Å². The third-order valence-electron chi connectivity index (χ3n) is 3.80. The van der Waals surface area contributed by atoms with Crippen LogP contribution in [0.15, 0.2) is 55.0 Å². The Labute approximate surface area is 139 Å². The number of benzene rings is 1. The molecule has 8 heteroatoms. The Morgan fingerprint density at radius 2 is 1.80 bits per heavy atom. The molecule has 25 heavy (non-hydrogen) atoms. The van der Waals surface area contributed by atoms with Gasteiger partial charge in [-0.15, -0.1) is 0 Å². The van der Waals surface area contributed by atoms with Crippen molar-refractivity contribution in [3.63, 3.8) is 0 Å². The second-order valence-corrected chi connectivity index (χ2v) is 5.53. The van der Waals surface area contributed by atoms with E-state index in [2.05, 4.69) is 25.5 Å². The van der Waals surface area contributed by atoms with E-state index in [1.807, 2.05) is 6.07 Å². The Morgan fingerprint density at radius 1 is 1.00 bits per heavy atom. The predicted octanol–water partition coefficient (Wildman–Crippen LogP) is 4.72. The molecular weight excluding hydrogens is 331 g/mol. The smallest absolute Gasteiger partial charge is 0.354 e. The van der Waals surface area contributed by atoms with Gasteiger partial charge in [0.15, 0.2) is 0 Å². The minimum atomic E-state index is -4.34. The van der Waals surface area contributed by atoms with E-state index in [4.69, 9.17) is 0 Å². The molecule has 5 nitrogen and oxygen atoms in total. The quantitative estimate of drug-likeness (QED) is 0.504. The van der Waals surface area contributed by atoms with E-state index >= 15 is 0 Å². The van der Waals surface area contributed by atoms with Gasteiger partial charge in [0.25, 0.3) is 0 Å². The Hall–Kier alpha value is -3.29. The number of H-pyrrole nitrogens is 2. The fraction of sp³-hybridized carbons (Fsp3) is 0.0588. The van der Waals surface area contributed by atoms with E-state index in [0.717, 1.165) is 34.3 Å². The average Bonchev–Trinajstić information content (AvgIpc) is 3.23. The number of halogens is 3. The van der Waals surface area contributed by atoms with Gasteiger partial charge in [-0.25, -0.2) is 4.98 Å². The summed E-state index contributed by atoms with van der Waals surface area (Å²) in [5.74, 6) is 0.535. The van der Waals surface area contributed by atoms with Crippen molar-refractivity contribution >= 4 is 22.4 Å². The van der Waals surface area contributed by atoms with Crippen molar-refractivity contribution in [2.75, 3.05) is 5.32 Å². The van der Waals surface area contributed by atoms with Crippen LogP contribution in [-0.2, 0) is 6.18 Å². The summed E-state index contributed by atoms with van der Waals surface area (Å²) in [5.41, 5.74) is 2.53. The normalized spacial score (nSPS) is 11.8. The molecule has 0 unspecified atom stereocenters. The van der Waals surface area contributed by atoms with Gasteiger partial charge in [0.2, 0.25) is 0 Å². The van der Waals surface area contributed by atoms with Crippen LogP contribution < -0.4 is 5.32 Å². The molecule has 4 rings (SSSR count). The largest absolute Gasteiger partial charge is 0.416 e. The van der Waals surface area contributed by atoms with Crippen molar-refractivity contribution in [1.29, 1.82) is 0 Å². The maximum absolute atomic E-state index is 12.6. The Balaban J connectivity index is 1.59. The number of aromatic amines is 2. The number of hydrogen-bond donors (Lipinski definition) is 3. The molecule has 126 valence electrons. The van der Waals surface area contributed by atoms with E-state index in [-0.39, 0.29) is 0 Å². The first-order valence-electron chi connectivity index (χ1n) is 7.41. The highest BCUT2D eigenvalue weighted by atomic mass is 19.4. The fourth-order valence-electron chi connectivity index (χ4n) is 2.54. The van der Waals surface area contributed by atoms with Gasteiger partial charge in [-0.1, -0.05) is 0 Å². The van der Waals surface area contributed by atoms with Gasteiger partial charge in [0.1, 0.15) is 5.82 Å². The monoisotopic (exact) mass is 343 g/mol. The first-order chi connectivity index (χ1) is 12.0. The third-order valence-corrected chi connectivity index (χ3v) is 3.80. The van der Waals surface area contributed by atoms with Crippen LogP contribution in [0.2, 0.25) is 0 Å². The van der Waals surface area contributed by atoms with Crippen molar-refractivity contribution in [3.8, 4) is 11.3 Å². The highest BCUT2D eigenvalue weighted by Crippen LogP contribution is 2.30. The molecule has 0 spiro atoms. The molecule has 0 atom stereocenters. The predicted molar refractivity (Wildman–Crippen MR) is 88.4 cm³/mol. The first kappa shape index (κ1) is 15.3. The molecule has 0 aliphatic rings. The van der Waals surface area contributed by atoms with Crippen molar-refractivity contribution < 1.29 is 13.2 Å². The Kier molecular flexibility index (Phi) is 3.45. The SMILES string of the molecule is FC(F)(F)c1ccc(Nc2cc3[nH]c(-c4cn[nH]c4)cc3cn2)cc1. The van der Waals surface area contributed by atoms with Gasteiger partial charge in [-0.05, 0) is 30.3 Å². The van der Waals surface area contributed by atoms with Crippen LogP contribution in [0.25, 0.3) is 22.2 Å². The minimum absolute atomic E-state index is 0.529. The minimum Gasteiger partial charge on any atom is -0.354 e. The van der Waals surface area contributed by atoms with Crippen LogP contribution >= 0.6 is 0 Å². The van der Waals surface area contributed by atoms with Crippen molar-refractivity contribution in [2.24, 2.45) is 0 Å². The van der Waals surface area contributed by atoms with E-state index in [9.17, 15) is 13.2 Å². The third kappa shape index (κ3) is 3.06. The number of anilines is 2. The van der Waals surface area contributed by atoms with E-state index in [0.29, 0.717) is 11.5 Å². The fourth-order valence-corrected chi connectivity index (χ4v) is 2.54. The van der Waals surface area contributed by atoms with Gasteiger partial charge in [-0.2, -0.15) is 18.3 Å². The molecule has 0 aliphatic carbocycles. The van der Waals surface area contributed by atoms with E-state index in [1.165, 1.54) is 12.1 Å². The lowest BCUT2D eigenvalue weighted by Crippen LogP contribution is -2.04. The molecule has 4 aromatic rings. The van der Waals surface area contributed by atoms with Crippen molar-refractivity contribution in [3.05, 3.63) is 60.6 Å². The Morgan fingerprint density at radius 3 is 2.48 bits per heavy atom. The molecule has 0 aliphatic heterocycles. The number of alkyl halides is 3. The second-order valence-electron chi connectivity index (χ2n) is 5.53. The number of aromatic nitrogens is 4. The van der Waals surface area contributed by atoms with Gasteiger partial charge in [0.05, 0.1) is 17.3 Å². The van der Waals surface area contributed by atoms with Crippen LogP contribution in [0, 0.1) is 0 Å². The summed E-state index contributed by atoms with van der Waals surface area (Å²) < 4.78 is 37.8. The lowest BCUT2D eigenvalue weighted by molar-refractivity contribution is -0.137. The lowest BCUT2D eigenvalue weighted by Gasteiger charge is -2.09. The molecular formula is C17H12F3N5. The van der Waals surface area contributed by atoms with Crippen LogP contribution in [0.3, 0.4) is 0 Å². The standard InChI is InChI=1S/C17H12F3N5/c18-17(19,20)12-1-3-13(4-2-12)24-16-6-15-10(7-21-16)5-14(25-15)11-8-22-23-9-11/h1-9,25H,(H,21,24)(H,22,23). The number of pyridine rings is 1. The van der Waals surface area contributed by atoms with Crippen LogP contribution in [0.1, 0.15) is 5.56 Å². The number of rotatable bonds is 3. The van der Waals surface area contributed by atoms with Gasteiger partial charge < -0.3 is 10.3 Å². The molecule has 0 amide bonds. The van der Waals surface area contributed by atoms with Crippen molar-refractivity contribution in [2.45, 2.75) is 6.18 Å². The molecule has 3 N–H and O–H groups in total. The summed E-state index contributed by atoms with van der Waals surface area (Å²) in [4.78, 5) is 7.56. The van der Waals surface area contributed by atoms with Gasteiger partial charge in [-0.3, -0.25) is 5.10 Å². The lowest BCUT2D eigenvalue weighted by atomic mass is 10.2. The molecule has 0 saturated heterocycles. The molecule has 3 aromatic heterocycles. The number of fused-ring (bicyclic) bond motifs is 1. The highest BCUT2D eigenvalue weighted by Gasteiger charge is 2.29. The number of nitrogens with one attached hydrogen (secondary N) is 3. The maximum atomic E-state index is 12.6. The average molecular weight is 343 g/mol. The Bertz CT molecular complexity index is 1000. The zero-order valence-corrected chi connectivity index (χ0v) is 12.7. The summed E-state index contributed by atoms with van der Waals surface area (Å²) in [6, 6.07) is 8.57. The summed E-state index contributed by atoms with van der Waals surface area (Å²) in [6.07, 6.45) is 0.838. The summed E-state index contributed by atoms with van der Waals surface area (Å²) >= 11 is 0. The molecule has 0 radical (unpaired) electrons. The second kappa shape index (κ2) is 5.66. The molecule has 1 aromatic carbocycles. The molecule has 0 fully saturated rings. The van der Waals surface area contributed by atoms with Crippen molar-refractivity contribution in [1.82, 2.24) is 20.2 Å². The summed E-state index contributed by atoms with van der Waals surface area (Å²) in [5, 5.41) is 10.6. The van der Waals surface area contributed by atoms with Crippen LogP contribution in [0.5, 0.6) is 0 Å². The molecule has 3 heterocycles. The van der Waals surface area contributed by atoms with Crippen LogP contribution in [-0.4, -0.2) is 20.2 Å². The van der Waals surface area contributed by atoms with Gasteiger partial charge >= 0.3 is 6.18 Å². The summed E-state index contributed by atoms with van der Waals surface area (Å²) in [7, 11) is 0. The summed E-state index contributed by atoms with van der Waals surface area (Å²) in [6.45, 7) is 0. The van der Waals surface area contributed by atoms with Gasteiger partial charge in [0, 0.05) is 40.8 Å². The molecule has 0 bridgehead atoms. The highest BCUT2D eigenvalue weighted by molar-refractivity contribution is 5.87. The topological polar surface area (TPSA) is 69.4 Å². The maximum Gasteiger partial charge on any atom is 0.416 e.